The molecule has 2 aromatic rings. The SMILES string of the molecule is C=CCNC(=O)CN1CCN(Cc2nc(-c3ccc(Cl)cc3)no2)CC1. The van der Waals surface area contributed by atoms with E-state index in [9.17, 15) is 4.79 Å². The minimum Gasteiger partial charge on any atom is -0.352 e. The van der Waals surface area contributed by atoms with Crippen LogP contribution in [0, 0.1) is 0 Å². The maximum Gasteiger partial charge on any atom is 0.241 e. The minimum absolute atomic E-state index is 0.0304. The summed E-state index contributed by atoms with van der Waals surface area (Å²) in [4.78, 5) is 20.6. The molecule has 2 heterocycles. The van der Waals surface area contributed by atoms with Gasteiger partial charge in [0.2, 0.25) is 17.6 Å². The Kier molecular flexibility index (Phi) is 6.38. The van der Waals surface area contributed by atoms with Gasteiger partial charge in [0.15, 0.2) is 0 Å². The number of carbonyl (C=O) groups is 1. The number of nitrogens with one attached hydrogen (secondary N) is 1. The third kappa shape index (κ3) is 5.14. The number of hydrogen-bond donors (Lipinski definition) is 1. The average Bonchev–Trinajstić information content (AvgIpc) is 3.11. The van der Waals surface area contributed by atoms with Gasteiger partial charge in [0.05, 0.1) is 13.1 Å². The number of benzene rings is 1. The molecule has 1 aromatic heterocycles. The third-order valence-electron chi connectivity index (χ3n) is 4.21. The molecule has 7 nitrogen and oxygen atoms in total. The van der Waals surface area contributed by atoms with Crippen molar-refractivity contribution < 1.29 is 9.32 Å². The van der Waals surface area contributed by atoms with Crippen molar-refractivity contribution in [3.05, 3.63) is 47.8 Å². The molecule has 1 aromatic carbocycles. The van der Waals surface area contributed by atoms with Gasteiger partial charge in [-0.3, -0.25) is 14.6 Å². The number of piperazine rings is 1. The molecule has 0 aliphatic carbocycles. The summed E-state index contributed by atoms with van der Waals surface area (Å²) < 4.78 is 5.36. The van der Waals surface area contributed by atoms with Gasteiger partial charge in [0.1, 0.15) is 0 Å². The molecule has 26 heavy (non-hydrogen) atoms. The van der Waals surface area contributed by atoms with Gasteiger partial charge in [-0.2, -0.15) is 4.98 Å². The summed E-state index contributed by atoms with van der Waals surface area (Å²) in [6.07, 6.45) is 1.68. The van der Waals surface area contributed by atoms with E-state index in [0.717, 1.165) is 31.7 Å². The van der Waals surface area contributed by atoms with Gasteiger partial charge < -0.3 is 9.84 Å². The van der Waals surface area contributed by atoms with Crippen molar-refractivity contribution in [2.75, 3.05) is 39.3 Å². The number of nitrogens with zero attached hydrogens (tertiary/aromatic N) is 4. The monoisotopic (exact) mass is 375 g/mol. The van der Waals surface area contributed by atoms with Gasteiger partial charge >= 0.3 is 0 Å². The van der Waals surface area contributed by atoms with Crippen molar-refractivity contribution in [2.45, 2.75) is 6.54 Å². The van der Waals surface area contributed by atoms with Crippen LogP contribution < -0.4 is 5.32 Å². The number of amides is 1. The molecule has 1 fully saturated rings. The first-order chi connectivity index (χ1) is 12.6. The van der Waals surface area contributed by atoms with Crippen molar-refractivity contribution in [3.63, 3.8) is 0 Å². The zero-order valence-corrected chi connectivity index (χ0v) is 15.3. The smallest absolute Gasteiger partial charge is 0.241 e. The largest absolute Gasteiger partial charge is 0.352 e. The molecule has 0 radical (unpaired) electrons. The Morgan fingerprint density at radius 2 is 1.92 bits per heavy atom. The Bertz CT molecular complexity index is 738. The van der Waals surface area contributed by atoms with E-state index in [2.05, 4.69) is 31.8 Å². The number of rotatable bonds is 7. The van der Waals surface area contributed by atoms with Crippen molar-refractivity contribution in [2.24, 2.45) is 0 Å². The predicted octanol–water partition coefficient (Wildman–Crippen LogP) is 1.81. The highest BCUT2D eigenvalue weighted by atomic mass is 35.5. The zero-order valence-electron chi connectivity index (χ0n) is 14.5. The van der Waals surface area contributed by atoms with Crippen LogP contribution in [-0.4, -0.2) is 65.1 Å². The van der Waals surface area contributed by atoms with Gasteiger partial charge in [-0.05, 0) is 24.3 Å². The van der Waals surface area contributed by atoms with Crippen LogP contribution in [0.3, 0.4) is 0 Å². The van der Waals surface area contributed by atoms with E-state index >= 15 is 0 Å². The maximum absolute atomic E-state index is 11.7. The van der Waals surface area contributed by atoms with E-state index in [1.54, 1.807) is 18.2 Å². The van der Waals surface area contributed by atoms with Crippen molar-refractivity contribution >= 4 is 17.5 Å². The van der Waals surface area contributed by atoms with Crippen LogP contribution in [-0.2, 0) is 11.3 Å². The normalized spacial score (nSPS) is 15.7. The topological polar surface area (TPSA) is 74.5 Å². The van der Waals surface area contributed by atoms with E-state index in [4.69, 9.17) is 16.1 Å². The lowest BCUT2D eigenvalue weighted by Crippen LogP contribution is -2.49. The summed E-state index contributed by atoms with van der Waals surface area (Å²) in [5.74, 6) is 1.18. The fourth-order valence-corrected chi connectivity index (χ4v) is 2.90. The van der Waals surface area contributed by atoms with E-state index in [0.29, 0.717) is 36.4 Å². The Morgan fingerprint density at radius 1 is 1.23 bits per heavy atom. The molecular formula is C18H22ClN5O2. The van der Waals surface area contributed by atoms with Gasteiger partial charge in [-0.25, -0.2) is 0 Å². The lowest BCUT2D eigenvalue weighted by Gasteiger charge is -2.33. The van der Waals surface area contributed by atoms with E-state index < -0.39 is 0 Å². The van der Waals surface area contributed by atoms with Crippen LogP contribution in [0.5, 0.6) is 0 Å². The van der Waals surface area contributed by atoms with Gasteiger partial charge in [0, 0.05) is 43.3 Å². The lowest BCUT2D eigenvalue weighted by molar-refractivity contribution is -0.122. The lowest BCUT2D eigenvalue weighted by atomic mass is 10.2. The number of carbonyl (C=O) groups excluding carboxylic acids is 1. The van der Waals surface area contributed by atoms with Gasteiger partial charge in [-0.1, -0.05) is 22.8 Å². The molecule has 8 heteroatoms. The van der Waals surface area contributed by atoms with Crippen LogP contribution >= 0.6 is 11.6 Å². The second-order valence-electron chi connectivity index (χ2n) is 6.16. The van der Waals surface area contributed by atoms with E-state index in [-0.39, 0.29) is 5.91 Å². The van der Waals surface area contributed by atoms with Crippen molar-refractivity contribution in [1.82, 2.24) is 25.3 Å². The highest BCUT2D eigenvalue weighted by Gasteiger charge is 2.20. The van der Waals surface area contributed by atoms with Crippen LogP contribution in [0.15, 0.2) is 41.4 Å². The molecule has 0 bridgehead atoms. The average molecular weight is 376 g/mol. The summed E-state index contributed by atoms with van der Waals surface area (Å²) in [5, 5.41) is 7.51. The Labute approximate surface area is 157 Å². The number of halogens is 1. The second kappa shape index (κ2) is 8.93. The molecule has 1 saturated heterocycles. The minimum atomic E-state index is 0.0304. The Balaban J connectivity index is 1.47. The standard InChI is InChI=1S/C18H22ClN5O2/c1-2-7-20-16(25)12-23-8-10-24(11-9-23)13-17-21-18(22-26-17)14-3-5-15(19)6-4-14/h2-6H,1,7-13H2,(H,20,25). The summed E-state index contributed by atoms with van der Waals surface area (Å²) in [5.41, 5.74) is 0.875. The summed E-state index contributed by atoms with van der Waals surface area (Å²) in [7, 11) is 0. The first kappa shape index (κ1) is 18.6. The number of aromatic nitrogens is 2. The molecule has 1 amide bonds. The second-order valence-corrected chi connectivity index (χ2v) is 6.60. The highest BCUT2D eigenvalue weighted by molar-refractivity contribution is 6.30. The molecule has 0 saturated carbocycles. The highest BCUT2D eigenvalue weighted by Crippen LogP contribution is 2.19. The molecular weight excluding hydrogens is 354 g/mol. The summed E-state index contributed by atoms with van der Waals surface area (Å²) in [6, 6.07) is 7.34. The number of hydrogen-bond acceptors (Lipinski definition) is 6. The van der Waals surface area contributed by atoms with Crippen LogP contribution in [0.2, 0.25) is 5.02 Å². The van der Waals surface area contributed by atoms with E-state index in [1.165, 1.54) is 0 Å². The molecule has 0 spiro atoms. The maximum atomic E-state index is 11.7. The van der Waals surface area contributed by atoms with Gasteiger partial charge in [0.25, 0.3) is 0 Å². The molecule has 1 N–H and O–H groups in total. The zero-order chi connectivity index (χ0) is 18.4. The summed E-state index contributed by atoms with van der Waals surface area (Å²) >= 11 is 5.90. The Morgan fingerprint density at radius 3 is 2.62 bits per heavy atom. The first-order valence-corrected chi connectivity index (χ1v) is 8.92. The van der Waals surface area contributed by atoms with Crippen molar-refractivity contribution in [1.29, 1.82) is 0 Å². The quantitative estimate of drug-likeness (QED) is 0.744. The fraction of sp³-hybridized carbons (Fsp3) is 0.389. The molecule has 138 valence electrons. The predicted molar refractivity (Wildman–Crippen MR) is 99.7 cm³/mol. The molecule has 0 atom stereocenters. The van der Waals surface area contributed by atoms with Gasteiger partial charge in [-0.15, -0.1) is 6.58 Å². The third-order valence-corrected chi connectivity index (χ3v) is 4.46. The van der Waals surface area contributed by atoms with E-state index in [1.807, 2.05) is 12.1 Å². The first-order valence-electron chi connectivity index (χ1n) is 8.55. The summed E-state index contributed by atoms with van der Waals surface area (Å²) in [6.45, 7) is 8.50. The van der Waals surface area contributed by atoms with Crippen LogP contribution in [0.4, 0.5) is 0 Å². The molecule has 0 unspecified atom stereocenters. The Hall–Kier alpha value is -2.22. The molecule has 3 rings (SSSR count). The van der Waals surface area contributed by atoms with Crippen molar-refractivity contribution in [3.8, 4) is 11.4 Å². The molecule has 1 aliphatic heterocycles. The molecule has 1 aliphatic rings. The van der Waals surface area contributed by atoms with Crippen LogP contribution in [0.25, 0.3) is 11.4 Å². The fourth-order valence-electron chi connectivity index (χ4n) is 2.78. The van der Waals surface area contributed by atoms with Crippen LogP contribution in [0.1, 0.15) is 5.89 Å².